The first kappa shape index (κ1) is 10.5. The lowest BCUT2D eigenvalue weighted by Gasteiger charge is -2.31. The Balaban J connectivity index is 2.28. The molecule has 0 spiro atoms. The van der Waals surface area contributed by atoms with Crippen molar-refractivity contribution in [3.8, 4) is 0 Å². The minimum Gasteiger partial charge on any atom is -0.469 e. The number of morpholine rings is 1. The highest BCUT2D eigenvalue weighted by atomic mass is 16.5. The van der Waals surface area contributed by atoms with Gasteiger partial charge in [0.2, 0.25) is 0 Å². The number of nitrogens with zero attached hydrogens (tertiary/aromatic N) is 1. The molecule has 0 aromatic rings. The molecule has 1 aliphatic rings. The second-order valence-electron chi connectivity index (χ2n) is 3.28. The molecule has 76 valence electrons. The van der Waals surface area contributed by atoms with E-state index in [1.807, 2.05) is 6.92 Å². The molecule has 0 aromatic heterocycles. The van der Waals surface area contributed by atoms with Crippen LogP contribution in [0.3, 0.4) is 0 Å². The van der Waals surface area contributed by atoms with Crippen LogP contribution in [0.5, 0.6) is 0 Å². The molecule has 1 atom stereocenters. The summed E-state index contributed by atoms with van der Waals surface area (Å²) in [7, 11) is 1.42. The van der Waals surface area contributed by atoms with Crippen LogP contribution < -0.4 is 0 Å². The van der Waals surface area contributed by atoms with Gasteiger partial charge < -0.3 is 9.47 Å². The van der Waals surface area contributed by atoms with E-state index in [9.17, 15) is 4.79 Å². The van der Waals surface area contributed by atoms with E-state index in [4.69, 9.17) is 4.74 Å². The molecule has 0 radical (unpaired) electrons. The number of methoxy groups -OCH3 is 1. The minimum absolute atomic E-state index is 0.140. The normalized spacial score (nSPS) is 21.1. The lowest BCUT2D eigenvalue weighted by atomic mass is 10.2. The Morgan fingerprint density at radius 2 is 2.15 bits per heavy atom. The number of rotatable bonds is 3. The van der Waals surface area contributed by atoms with Crippen molar-refractivity contribution in [3.63, 3.8) is 0 Å². The van der Waals surface area contributed by atoms with Gasteiger partial charge in [0.25, 0.3) is 0 Å². The van der Waals surface area contributed by atoms with Crippen molar-refractivity contribution >= 4 is 5.97 Å². The summed E-state index contributed by atoms with van der Waals surface area (Å²) in [6.45, 7) is 5.41. The molecule has 1 rings (SSSR count). The molecular formula is C9H17NO3. The standard InChI is InChI=1S/C9H17NO3/c1-8(7-9(11)12-2)10-3-5-13-6-4-10/h8H,3-7H2,1-2H3. The fourth-order valence-corrected chi connectivity index (χ4v) is 1.47. The predicted molar refractivity (Wildman–Crippen MR) is 48.5 cm³/mol. The van der Waals surface area contributed by atoms with Crippen LogP contribution in [-0.4, -0.2) is 50.3 Å². The fraction of sp³-hybridized carbons (Fsp3) is 0.889. The molecule has 0 aliphatic carbocycles. The summed E-state index contributed by atoms with van der Waals surface area (Å²) in [4.78, 5) is 13.2. The summed E-state index contributed by atoms with van der Waals surface area (Å²) in [5.41, 5.74) is 0. The van der Waals surface area contributed by atoms with Gasteiger partial charge in [0.15, 0.2) is 0 Å². The van der Waals surface area contributed by atoms with Crippen LogP contribution in [0.2, 0.25) is 0 Å². The van der Waals surface area contributed by atoms with E-state index < -0.39 is 0 Å². The van der Waals surface area contributed by atoms with Crippen LogP contribution in [0.25, 0.3) is 0 Å². The zero-order chi connectivity index (χ0) is 9.68. The zero-order valence-electron chi connectivity index (χ0n) is 8.28. The number of carbonyl (C=O) groups is 1. The van der Waals surface area contributed by atoms with Gasteiger partial charge in [-0.3, -0.25) is 9.69 Å². The van der Waals surface area contributed by atoms with Gasteiger partial charge in [-0.05, 0) is 6.92 Å². The van der Waals surface area contributed by atoms with Crippen LogP contribution in [0.4, 0.5) is 0 Å². The highest BCUT2D eigenvalue weighted by Crippen LogP contribution is 2.07. The van der Waals surface area contributed by atoms with E-state index in [1.165, 1.54) is 7.11 Å². The molecule has 0 amide bonds. The van der Waals surface area contributed by atoms with Crippen molar-refractivity contribution in [2.45, 2.75) is 19.4 Å². The number of hydrogen-bond acceptors (Lipinski definition) is 4. The summed E-state index contributed by atoms with van der Waals surface area (Å²) >= 11 is 0. The number of esters is 1. The van der Waals surface area contributed by atoms with Crippen LogP contribution in [0.1, 0.15) is 13.3 Å². The highest BCUT2D eigenvalue weighted by molar-refractivity contribution is 5.69. The molecule has 1 saturated heterocycles. The first-order valence-corrected chi connectivity index (χ1v) is 4.62. The molecule has 4 heteroatoms. The quantitative estimate of drug-likeness (QED) is 0.594. The van der Waals surface area contributed by atoms with Gasteiger partial charge >= 0.3 is 5.97 Å². The predicted octanol–water partition coefficient (Wildman–Crippen LogP) is 0.270. The highest BCUT2D eigenvalue weighted by Gasteiger charge is 2.19. The molecule has 1 heterocycles. The molecule has 1 unspecified atom stereocenters. The molecule has 13 heavy (non-hydrogen) atoms. The van der Waals surface area contributed by atoms with Gasteiger partial charge in [0, 0.05) is 19.1 Å². The largest absolute Gasteiger partial charge is 0.469 e. The van der Waals surface area contributed by atoms with Gasteiger partial charge in [-0.1, -0.05) is 0 Å². The Morgan fingerprint density at radius 1 is 1.54 bits per heavy atom. The van der Waals surface area contributed by atoms with Crippen LogP contribution in [0, 0.1) is 0 Å². The van der Waals surface area contributed by atoms with E-state index in [-0.39, 0.29) is 12.0 Å². The fourth-order valence-electron chi connectivity index (χ4n) is 1.47. The molecule has 0 aromatic carbocycles. The summed E-state index contributed by atoms with van der Waals surface area (Å²) in [6.07, 6.45) is 0.469. The van der Waals surface area contributed by atoms with E-state index in [0.717, 1.165) is 26.3 Å². The molecule has 0 saturated carbocycles. The van der Waals surface area contributed by atoms with Crippen LogP contribution >= 0.6 is 0 Å². The maximum absolute atomic E-state index is 11.0. The Bertz CT molecular complexity index is 166. The first-order valence-electron chi connectivity index (χ1n) is 4.62. The third-order valence-electron chi connectivity index (χ3n) is 2.36. The van der Waals surface area contributed by atoms with E-state index in [0.29, 0.717) is 6.42 Å². The maximum atomic E-state index is 11.0. The molecule has 0 N–H and O–H groups in total. The summed E-state index contributed by atoms with van der Waals surface area (Å²) in [6, 6.07) is 0.261. The van der Waals surface area contributed by atoms with Gasteiger partial charge in [-0.25, -0.2) is 0 Å². The zero-order valence-corrected chi connectivity index (χ0v) is 8.28. The molecule has 1 aliphatic heterocycles. The Morgan fingerprint density at radius 3 is 2.69 bits per heavy atom. The van der Waals surface area contributed by atoms with Crippen molar-refractivity contribution in [2.75, 3.05) is 33.4 Å². The van der Waals surface area contributed by atoms with Crippen LogP contribution in [-0.2, 0) is 14.3 Å². The van der Waals surface area contributed by atoms with Crippen molar-refractivity contribution in [1.29, 1.82) is 0 Å². The first-order chi connectivity index (χ1) is 6.24. The van der Waals surface area contributed by atoms with Gasteiger partial charge in [-0.15, -0.1) is 0 Å². The average Bonchev–Trinajstić information content (AvgIpc) is 2.19. The summed E-state index contributed by atoms with van der Waals surface area (Å²) < 4.78 is 9.84. The molecular weight excluding hydrogens is 170 g/mol. The van der Waals surface area contributed by atoms with Crippen molar-refractivity contribution in [2.24, 2.45) is 0 Å². The SMILES string of the molecule is COC(=O)CC(C)N1CCOCC1. The second kappa shape index (κ2) is 5.19. The van der Waals surface area contributed by atoms with E-state index in [2.05, 4.69) is 9.64 Å². The van der Waals surface area contributed by atoms with Crippen molar-refractivity contribution in [3.05, 3.63) is 0 Å². The topological polar surface area (TPSA) is 38.8 Å². The van der Waals surface area contributed by atoms with Gasteiger partial charge in [0.1, 0.15) is 0 Å². The monoisotopic (exact) mass is 187 g/mol. The third kappa shape index (κ3) is 3.32. The Hall–Kier alpha value is -0.610. The third-order valence-corrected chi connectivity index (χ3v) is 2.36. The maximum Gasteiger partial charge on any atom is 0.307 e. The second-order valence-corrected chi connectivity index (χ2v) is 3.28. The van der Waals surface area contributed by atoms with Crippen molar-refractivity contribution < 1.29 is 14.3 Å². The van der Waals surface area contributed by atoms with Crippen molar-refractivity contribution in [1.82, 2.24) is 4.90 Å². The van der Waals surface area contributed by atoms with E-state index >= 15 is 0 Å². The lowest BCUT2D eigenvalue weighted by Crippen LogP contribution is -2.43. The minimum atomic E-state index is -0.140. The Kier molecular flexibility index (Phi) is 4.18. The molecule has 1 fully saturated rings. The van der Waals surface area contributed by atoms with Gasteiger partial charge in [0.05, 0.1) is 26.7 Å². The van der Waals surface area contributed by atoms with E-state index in [1.54, 1.807) is 0 Å². The Labute approximate surface area is 78.8 Å². The summed E-state index contributed by atoms with van der Waals surface area (Å²) in [5.74, 6) is -0.140. The molecule has 0 bridgehead atoms. The number of ether oxygens (including phenoxy) is 2. The molecule has 4 nitrogen and oxygen atoms in total. The average molecular weight is 187 g/mol. The number of hydrogen-bond donors (Lipinski definition) is 0. The number of carbonyl (C=O) groups excluding carboxylic acids is 1. The van der Waals surface area contributed by atoms with Gasteiger partial charge in [-0.2, -0.15) is 0 Å². The smallest absolute Gasteiger partial charge is 0.307 e. The summed E-state index contributed by atoms with van der Waals surface area (Å²) in [5, 5.41) is 0. The lowest BCUT2D eigenvalue weighted by molar-refractivity contribution is -0.142. The van der Waals surface area contributed by atoms with Crippen LogP contribution in [0.15, 0.2) is 0 Å².